The molecule has 0 aromatic heterocycles. The summed E-state index contributed by atoms with van der Waals surface area (Å²) in [7, 11) is 0. The zero-order valence-electron chi connectivity index (χ0n) is 20.7. The van der Waals surface area contributed by atoms with Gasteiger partial charge in [0.2, 0.25) is 0 Å². The highest BCUT2D eigenvalue weighted by Crippen LogP contribution is 2.37. The Morgan fingerprint density at radius 1 is 0.853 bits per heavy atom. The van der Waals surface area contributed by atoms with Gasteiger partial charge in [0.05, 0.1) is 0 Å². The Bertz CT molecular complexity index is 1100. The Labute approximate surface area is 205 Å². The number of rotatable bonds is 10. The lowest BCUT2D eigenvalue weighted by Gasteiger charge is -2.28. The molecule has 1 heteroatoms. The molecule has 34 heavy (non-hydrogen) atoms. The van der Waals surface area contributed by atoms with Gasteiger partial charge in [-0.2, -0.15) is 0 Å². The summed E-state index contributed by atoms with van der Waals surface area (Å²) in [5, 5.41) is 1.72. The second-order valence-corrected chi connectivity index (χ2v) is 10.0. The molecule has 0 aliphatic heterocycles. The van der Waals surface area contributed by atoms with Crippen LogP contribution in [0.3, 0.4) is 0 Å². The Morgan fingerprint density at radius 3 is 2.32 bits per heavy atom. The molecule has 0 spiro atoms. The van der Waals surface area contributed by atoms with Crippen LogP contribution in [0.15, 0.2) is 79.4 Å². The third-order valence-electron chi connectivity index (χ3n) is 7.69. The summed E-state index contributed by atoms with van der Waals surface area (Å²) in [4.78, 5) is 0. The van der Waals surface area contributed by atoms with Gasteiger partial charge in [0.25, 0.3) is 0 Å². The lowest BCUT2D eigenvalue weighted by atomic mass is 9.77. The summed E-state index contributed by atoms with van der Waals surface area (Å²) in [6, 6.07) is 19.5. The summed E-state index contributed by atoms with van der Waals surface area (Å²) in [5.74, 6) is 1.58. The minimum Gasteiger partial charge on any atom is -0.206 e. The van der Waals surface area contributed by atoms with Crippen LogP contribution in [-0.2, 0) is 19.3 Å². The highest BCUT2D eigenvalue weighted by molar-refractivity contribution is 5.84. The van der Waals surface area contributed by atoms with Crippen molar-refractivity contribution < 1.29 is 4.39 Å². The molecule has 1 saturated carbocycles. The van der Waals surface area contributed by atoms with Crippen LogP contribution >= 0.6 is 0 Å². The molecule has 0 saturated heterocycles. The fourth-order valence-corrected chi connectivity index (χ4v) is 5.52. The molecule has 0 amide bonds. The van der Waals surface area contributed by atoms with Crippen LogP contribution in [0, 0.1) is 11.7 Å². The largest absolute Gasteiger partial charge is 0.206 e. The van der Waals surface area contributed by atoms with Gasteiger partial charge >= 0.3 is 0 Å². The van der Waals surface area contributed by atoms with Crippen molar-refractivity contribution in [1.82, 2.24) is 0 Å². The first kappa shape index (κ1) is 24.5. The van der Waals surface area contributed by atoms with Gasteiger partial charge in [-0.3, -0.25) is 0 Å². The van der Waals surface area contributed by atoms with E-state index in [4.69, 9.17) is 0 Å². The second kappa shape index (κ2) is 12.2. The highest BCUT2D eigenvalue weighted by Gasteiger charge is 2.21. The maximum atomic E-state index is 14.8. The number of hydrogen-bond donors (Lipinski definition) is 0. The van der Waals surface area contributed by atoms with Gasteiger partial charge in [-0.05, 0) is 111 Å². The molecular formula is C33H39F. The molecule has 0 N–H and O–H groups in total. The van der Waals surface area contributed by atoms with Crippen LogP contribution in [0.4, 0.5) is 4.39 Å². The molecule has 1 fully saturated rings. The topological polar surface area (TPSA) is 0 Å². The van der Waals surface area contributed by atoms with Crippen LogP contribution in [0.2, 0.25) is 0 Å². The summed E-state index contributed by atoms with van der Waals surface area (Å²) < 4.78 is 14.8. The van der Waals surface area contributed by atoms with E-state index in [1.807, 2.05) is 18.2 Å². The van der Waals surface area contributed by atoms with E-state index in [2.05, 4.69) is 68.1 Å². The van der Waals surface area contributed by atoms with E-state index < -0.39 is 0 Å². The molecule has 0 bridgehead atoms. The van der Waals surface area contributed by atoms with Gasteiger partial charge in [0.15, 0.2) is 0 Å². The molecular weight excluding hydrogens is 415 g/mol. The molecule has 4 rings (SSSR count). The zero-order chi connectivity index (χ0) is 23.8. The zero-order valence-corrected chi connectivity index (χ0v) is 20.7. The molecule has 3 aromatic rings. The third kappa shape index (κ3) is 6.26. The predicted octanol–water partition coefficient (Wildman–Crippen LogP) is 9.51. The van der Waals surface area contributed by atoms with Crippen LogP contribution in [0.1, 0.15) is 80.0 Å². The molecule has 0 radical (unpaired) electrons. The summed E-state index contributed by atoms with van der Waals surface area (Å²) in [5.41, 5.74) is 4.95. The number of halogens is 1. The van der Waals surface area contributed by atoms with E-state index >= 15 is 0 Å². The Morgan fingerprint density at radius 2 is 1.59 bits per heavy atom. The summed E-state index contributed by atoms with van der Waals surface area (Å²) in [6.45, 7) is 5.86. The monoisotopic (exact) mass is 454 g/mol. The van der Waals surface area contributed by atoms with Crippen molar-refractivity contribution in [2.75, 3.05) is 0 Å². The van der Waals surface area contributed by atoms with E-state index in [1.165, 1.54) is 55.2 Å². The maximum Gasteiger partial charge on any atom is 0.134 e. The van der Waals surface area contributed by atoms with Gasteiger partial charge in [0.1, 0.15) is 5.82 Å². The van der Waals surface area contributed by atoms with E-state index in [0.717, 1.165) is 47.4 Å². The van der Waals surface area contributed by atoms with Gasteiger partial charge < -0.3 is 0 Å². The SMILES string of the molecule is C=CCCc1ccc2cc(CCc3ccc(C4CCC(CC/C=C/C)CC4)cc3)ccc2c1F. The van der Waals surface area contributed by atoms with Crippen molar-refractivity contribution in [2.45, 2.75) is 77.0 Å². The van der Waals surface area contributed by atoms with Gasteiger partial charge in [-0.15, -0.1) is 6.58 Å². The first-order chi connectivity index (χ1) is 16.7. The minimum atomic E-state index is -0.0756. The van der Waals surface area contributed by atoms with Crippen LogP contribution in [0.5, 0.6) is 0 Å². The maximum absolute atomic E-state index is 14.8. The quantitative estimate of drug-likeness (QED) is 0.268. The molecule has 0 unspecified atom stereocenters. The lowest BCUT2D eigenvalue weighted by molar-refractivity contribution is 0.312. The van der Waals surface area contributed by atoms with Crippen molar-refractivity contribution in [2.24, 2.45) is 5.92 Å². The minimum absolute atomic E-state index is 0.0756. The highest BCUT2D eigenvalue weighted by atomic mass is 19.1. The average Bonchev–Trinajstić information content (AvgIpc) is 2.88. The van der Waals surface area contributed by atoms with Crippen molar-refractivity contribution in [3.63, 3.8) is 0 Å². The average molecular weight is 455 g/mol. The van der Waals surface area contributed by atoms with E-state index in [0.29, 0.717) is 6.42 Å². The molecule has 3 aromatic carbocycles. The normalized spacial score (nSPS) is 18.5. The summed E-state index contributed by atoms with van der Waals surface area (Å²) in [6.07, 6.45) is 17.9. The molecule has 1 aliphatic carbocycles. The fourth-order valence-electron chi connectivity index (χ4n) is 5.52. The molecule has 0 nitrogen and oxygen atoms in total. The number of allylic oxidation sites excluding steroid dienone is 3. The van der Waals surface area contributed by atoms with E-state index in [1.54, 1.807) is 0 Å². The number of hydrogen-bond acceptors (Lipinski definition) is 0. The van der Waals surface area contributed by atoms with Crippen LogP contribution < -0.4 is 0 Å². The Balaban J connectivity index is 1.31. The van der Waals surface area contributed by atoms with Crippen molar-refractivity contribution in [3.05, 3.63) is 107 Å². The van der Waals surface area contributed by atoms with Crippen molar-refractivity contribution in [1.29, 1.82) is 0 Å². The molecule has 0 atom stereocenters. The van der Waals surface area contributed by atoms with E-state index in [-0.39, 0.29) is 5.82 Å². The lowest BCUT2D eigenvalue weighted by Crippen LogP contribution is -2.13. The Kier molecular flexibility index (Phi) is 8.74. The third-order valence-corrected chi connectivity index (χ3v) is 7.69. The van der Waals surface area contributed by atoms with Crippen molar-refractivity contribution >= 4 is 10.8 Å². The van der Waals surface area contributed by atoms with Gasteiger partial charge in [0, 0.05) is 5.39 Å². The molecule has 1 aliphatic rings. The number of benzene rings is 3. The van der Waals surface area contributed by atoms with Crippen LogP contribution in [-0.4, -0.2) is 0 Å². The first-order valence-corrected chi connectivity index (χ1v) is 13.2. The van der Waals surface area contributed by atoms with Crippen LogP contribution in [0.25, 0.3) is 10.8 Å². The Hall–Kier alpha value is -2.67. The second-order valence-electron chi connectivity index (χ2n) is 10.0. The predicted molar refractivity (Wildman–Crippen MR) is 145 cm³/mol. The smallest absolute Gasteiger partial charge is 0.134 e. The molecule has 0 heterocycles. The number of aryl methyl sites for hydroxylation is 3. The van der Waals surface area contributed by atoms with Crippen molar-refractivity contribution in [3.8, 4) is 0 Å². The first-order valence-electron chi connectivity index (χ1n) is 13.2. The van der Waals surface area contributed by atoms with Gasteiger partial charge in [-0.25, -0.2) is 4.39 Å². The number of fused-ring (bicyclic) bond motifs is 1. The summed E-state index contributed by atoms with van der Waals surface area (Å²) >= 11 is 0. The van der Waals surface area contributed by atoms with E-state index in [9.17, 15) is 4.39 Å². The fraction of sp³-hybridized carbons (Fsp3) is 0.394. The van der Waals surface area contributed by atoms with Gasteiger partial charge in [-0.1, -0.05) is 72.8 Å². The standard InChI is InChI=1S/C33H39F/c1-3-5-7-8-25-12-17-28(18-13-25)29-19-14-26(15-20-29)10-11-27-16-23-32-31(24-27)22-21-30(33(32)34)9-6-4-2/h3-5,14-16,19-25,28H,2,6-13,17-18H2,1H3/b5-3+. The molecule has 178 valence electrons.